The molecule has 1 atom stereocenters. The molecule has 0 saturated heterocycles. The van der Waals surface area contributed by atoms with Crippen molar-refractivity contribution in [3.63, 3.8) is 0 Å². The summed E-state index contributed by atoms with van der Waals surface area (Å²) < 4.78 is 16.9. The molecule has 0 bridgehead atoms. The molecule has 2 N–H and O–H groups in total. The van der Waals surface area contributed by atoms with Gasteiger partial charge in [-0.3, -0.25) is 0 Å². The molecule has 1 unspecified atom stereocenters. The Balaban J connectivity index is 1.39. The molecule has 5 nitrogen and oxygen atoms in total. The van der Waals surface area contributed by atoms with Crippen molar-refractivity contribution in [1.29, 1.82) is 0 Å². The lowest BCUT2D eigenvalue weighted by molar-refractivity contribution is 0.108. The smallest absolute Gasteiger partial charge is 0.162 e. The molecule has 0 aliphatic carbocycles. The van der Waals surface area contributed by atoms with Crippen molar-refractivity contribution in [2.24, 2.45) is 5.73 Å². The average Bonchev–Trinajstić information content (AvgIpc) is 3.19. The van der Waals surface area contributed by atoms with Gasteiger partial charge >= 0.3 is 0 Å². The molecule has 1 aliphatic rings. The lowest BCUT2D eigenvalue weighted by Gasteiger charge is -2.18. The number of ether oxygens (including phenoxy) is 3. The van der Waals surface area contributed by atoms with Crippen LogP contribution in [0.25, 0.3) is 11.3 Å². The van der Waals surface area contributed by atoms with Crippen molar-refractivity contribution in [2.75, 3.05) is 19.8 Å². The van der Waals surface area contributed by atoms with E-state index in [0.29, 0.717) is 26.4 Å². The van der Waals surface area contributed by atoms with Gasteiger partial charge in [0, 0.05) is 10.9 Å². The summed E-state index contributed by atoms with van der Waals surface area (Å²) in [6, 6.07) is 15.7. The predicted molar refractivity (Wildman–Crippen MR) is 102 cm³/mol. The minimum Gasteiger partial charge on any atom is -0.486 e. The minimum atomic E-state index is -0.241. The maximum atomic E-state index is 6.24. The van der Waals surface area contributed by atoms with Crippen LogP contribution in [0, 0.1) is 0 Å². The fourth-order valence-corrected chi connectivity index (χ4v) is 3.56. The summed E-state index contributed by atoms with van der Waals surface area (Å²) in [6.45, 7) is 2.14. The number of benzene rings is 2. The molecule has 26 heavy (non-hydrogen) atoms. The summed E-state index contributed by atoms with van der Waals surface area (Å²) >= 11 is 1.55. The van der Waals surface area contributed by atoms with Crippen molar-refractivity contribution in [2.45, 2.75) is 12.6 Å². The number of thiazole rings is 1. The fraction of sp³-hybridized carbons (Fsp3) is 0.250. The molecule has 1 aliphatic heterocycles. The van der Waals surface area contributed by atoms with Gasteiger partial charge in [-0.15, -0.1) is 11.3 Å². The largest absolute Gasteiger partial charge is 0.486 e. The lowest BCUT2D eigenvalue weighted by atomic mass is 10.1. The van der Waals surface area contributed by atoms with Crippen molar-refractivity contribution in [3.05, 3.63) is 64.5 Å². The maximum absolute atomic E-state index is 6.24. The molecule has 6 heteroatoms. The van der Waals surface area contributed by atoms with Crippen molar-refractivity contribution >= 4 is 11.3 Å². The van der Waals surface area contributed by atoms with Gasteiger partial charge in [0.25, 0.3) is 0 Å². The topological polar surface area (TPSA) is 66.6 Å². The normalized spacial score (nSPS) is 14.2. The summed E-state index contributed by atoms with van der Waals surface area (Å²) in [5.41, 5.74) is 9.26. The zero-order valence-electron chi connectivity index (χ0n) is 14.3. The van der Waals surface area contributed by atoms with Gasteiger partial charge in [-0.2, -0.15) is 0 Å². The number of nitrogens with zero attached hydrogens (tertiary/aromatic N) is 1. The summed E-state index contributed by atoms with van der Waals surface area (Å²) in [7, 11) is 0. The van der Waals surface area contributed by atoms with E-state index in [2.05, 4.69) is 4.98 Å². The quantitative estimate of drug-likeness (QED) is 0.717. The van der Waals surface area contributed by atoms with Crippen LogP contribution in [0.2, 0.25) is 0 Å². The minimum absolute atomic E-state index is 0.241. The average molecular weight is 368 g/mol. The van der Waals surface area contributed by atoms with E-state index in [1.54, 1.807) is 11.3 Å². The van der Waals surface area contributed by atoms with Gasteiger partial charge in [0.05, 0.1) is 24.9 Å². The summed E-state index contributed by atoms with van der Waals surface area (Å²) in [5, 5.41) is 2.88. The highest BCUT2D eigenvalue weighted by Gasteiger charge is 2.16. The highest BCUT2D eigenvalue weighted by atomic mass is 32.1. The molecule has 0 saturated carbocycles. The van der Waals surface area contributed by atoms with Gasteiger partial charge in [-0.05, 0) is 23.8 Å². The van der Waals surface area contributed by atoms with Crippen LogP contribution < -0.4 is 15.2 Å². The summed E-state index contributed by atoms with van der Waals surface area (Å²) in [6.07, 6.45) is 0. The zero-order chi connectivity index (χ0) is 17.8. The first-order valence-corrected chi connectivity index (χ1v) is 9.40. The van der Waals surface area contributed by atoms with Crippen LogP contribution in [0.1, 0.15) is 16.6 Å². The molecule has 2 heterocycles. The predicted octanol–water partition coefficient (Wildman–Crippen LogP) is 3.80. The first-order valence-electron chi connectivity index (χ1n) is 8.52. The number of hydrogen-bond donors (Lipinski definition) is 1. The molecule has 3 aromatic rings. The van der Waals surface area contributed by atoms with E-state index >= 15 is 0 Å². The highest BCUT2D eigenvalue weighted by molar-refractivity contribution is 7.10. The van der Waals surface area contributed by atoms with E-state index in [9.17, 15) is 0 Å². The van der Waals surface area contributed by atoms with E-state index in [1.165, 1.54) is 0 Å². The van der Waals surface area contributed by atoms with Crippen molar-refractivity contribution in [3.8, 4) is 22.8 Å². The van der Waals surface area contributed by atoms with Crippen molar-refractivity contribution < 1.29 is 14.2 Å². The third-order valence-electron chi connectivity index (χ3n) is 4.09. The molecule has 134 valence electrons. The molecule has 2 aromatic carbocycles. The fourth-order valence-electron chi connectivity index (χ4n) is 2.74. The van der Waals surface area contributed by atoms with Gasteiger partial charge in [-0.1, -0.05) is 30.3 Å². The lowest BCUT2D eigenvalue weighted by Crippen LogP contribution is -2.17. The molecular weight excluding hydrogens is 348 g/mol. The van der Waals surface area contributed by atoms with Crippen LogP contribution in [0.4, 0.5) is 0 Å². The van der Waals surface area contributed by atoms with Crippen LogP contribution in [-0.2, 0) is 11.3 Å². The van der Waals surface area contributed by atoms with Crippen LogP contribution in [0.15, 0.2) is 53.9 Å². The van der Waals surface area contributed by atoms with Gasteiger partial charge in [-0.25, -0.2) is 4.98 Å². The van der Waals surface area contributed by atoms with Crippen LogP contribution in [-0.4, -0.2) is 24.8 Å². The summed E-state index contributed by atoms with van der Waals surface area (Å²) in [4.78, 5) is 4.67. The molecule has 0 spiro atoms. The van der Waals surface area contributed by atoms with E-state index in [4.69, 9.17) is 19.9 Å². The second kappa shape index (κ2) is 7.86. The van der Waals surface area contributed by atoms with Crippen molar-refractivity contribution in [1.82, 2.24) is 4.98 Å². The molecule has 1 aromatic heterocycles. The Morgan fingerprint density at radius 1 is 1.08 bits per heavy atom. The maximum Gasteiger partial charge on any atom is 0.162 e. The third kappa shape index (κ3) is 3.88. The standard InChI is InChI=1S/C20H20N2O3S/c21-16(12-23-11-14-4-2-1-3-5-14)20-22-17(13-26-20)15-6-7-18-19(10-15)25-9-8-24-18/h1-7,10,13,16H,8-9,11-12,21H2. The first kappa shape index (κ1) is 17.0. The van der Waals surface area contributed by atoms with E-state index in [0.717, 1.165) is 33.3 Å². The molecule has 0 radical (unpaired) electrons. The monoisotopic (exact) mass is 368 g/mol. The number of rotatable bonds is 6. The second-order valence-electron chi connectivity index (χ2n) is 6.04. The molecule has 4 rings (SSSR count). The Morgan fingerprint density at radius 2 is 1.88 bits per heavy atom. The molecule has 0 fully saturated rings. The Kier molecular flexibility index (Phi) is 5.15. The second-order valence-corrected chi connectivity index (χ2v) is 6.93. The Morgan fingerprint density at radius 3 is 2.73 bits per heavy atom. The van der Waals surface area contributed by atoms with E-state index < -0.39 is 0 Å². The van der Waals surface area contributed by atoms with Gasteiger partial charge < -0.3 is 19.9 Å². The number of hydrogen-bond acceptors (Lipinski definition) is 6. The Hall–Kier alpha value is -2.41. The number of nitrogens with two attached hydrogens (primary N) is 1. The molecule has 0 amide bonds. The van der Waals surface area contributed by atoms with Gasteiger partial charge in [0.15, 0.2) is 11.5 Å². The van der Waals surface area contributed by atoms with Crippen LogP contribution >= 0.6 is 11.3 Å². The van der Waals surface area contributed by atoms with Crippen LogP contribution in [0.5, 0.6) is 11.5 Å². The Bertz CT molecular complexity index is 867. The number of aromatic nitrogens is 1. The van der Waals surface area contributed by atoms with Gasteiger partial charge in [0.1, 0.15) is 18.2 Å². The molecular formula is C20H20N2O3S. The third-order valence-corrected chi connectivity index (χ3v) is 5.06. The Labute approximate surface area is 156 Å². The number of fused-ring (bicyclic) bond motifs is 1. The SMILES string of the molecule is NC(COCc1ccccc1)c1nc(-c2ccc3c(c2)OCCO3)cs1. The first-order chi connectivity index (χ1) is 12.8. The zero-order valence-corrected chi connectivity index (χ0v) is 15.1. The van der Waals surface area contributed by atoms with Gasteiger partial charge in [0.2, 0.25) is 0 Å². The van der Waals surface area contributed by atoms with E-state index in [-0.39, 0.29) is 6.04 Å². The summed E-state index contributed by atoms with van der Waals surface area (Å²) in [5.74, 6) is 1.54. The van der Waals surface area contributed by atoms with Crippen LogP contribution in [0.3, 0.4) is 0 Å². The van der Waals surface area contributed by atoms with E-state index in [1.807, 2.05) is 53.9 Å². The highest BCUT2D eigenvalue weighted by Crippen LogP contribution is 2.35.